The molecule has 4 rings (SSSR count). The summed E-state index contributed by atoms with van der Waals surface area (Å²) in [6.07, 6.45) is 1.73. The molecule has 3 aromatic rings. The lowest BCUT2D eigenvalue weighted by molar-refractivity contribution is 0.457. The first-order valence-corrected chi connectivity index (χ1v) is 9.96. The van der Waals surface area contributed by atoms with Crippen molar-refractivity contribution in [2.75, 3.05) is 11.4 Å². The van der Waals surface area contributed by atoms with Gasteiger partial charge in [0.2, 0.25) is 5.95 Å². The van der Waals surface area contributed by atoms with E-state index in [2.05, 4.69) is 49.9 Å². The molecule has 0 saturated heterocycles. The number of nitrogens with zero attached hydrogens (tertiary/aromatic N) is 5. The molecular formula is C21H27N5O2. The topological polar surface area (TPSA) is 65.1 Å². The first kappa shape index (κ1) is 18.5. The van der Waals surface area contributed by atoms with Crippen molar-refractivity contribution in [2.24, 2.45) is 13.0 Å². The molecule has 28 heavy (non-hydrogen) atoms. The maximum absolute atomic E-state index is 13.2. The van der Waals surface area contributed by atoms with E-state index in [1.54, 1.807) is 7.05 Å². The van der Waals surface area contributed by atoms with Crippen molar-refractivity contribution in [3.05, 3.63) is 50.7 Å². The van der Waals surface area contributed by atoms with Gasteiger partial charge in [0, 0.05) is 32.4 Å². The normalized spacial score (nSPS) is 16.6. The molecule has 3 heterocycles. The van der Waals surface area contributed by atoms with E-state index >= 15 is 0 Å². The molecule has 0 unspecified atom stereocenters. The fourth-order valence-electron chi connectivity index (χ4n) is 3.96. The summed E-state index contributed by atoms with van der Waals surface area (Å²) in [5.74, 6) is 1.09. The second kappa shape index (κ2) is 6.96. The van der Waals surface area contributed by atoms with Crippen molar-refractivity contribution in [2.45, 2.75) is 46.7 Å². The van der Waals surface area contributed by atoms with Crippen LogP contribution in [0.1, 0.15) is 32.3 Å². The maximum Gasteiger partial charge on any atom is 0.332 e. The molecule has 0 aliphatic carbocycles. The van der Waals surface area contributed by atoms with Crippen molar-refractivity contribution >= 4 is 22.8 Å². The van der Waals surface area contributed by atoms with Crippen LogP contribution >= 0.6 is 0 Å². The van der Waals surface area contributed by atoms with Crippen molar-refractivity contribution in [3.8, 4) is 0 Å². The minimum absolute atomic E-state index is 0.233. The van der Waals surface area contributed by atoms with Gasteiger partial charge in [0.25, 0.3) is 5.56 Å². The van der Waals surface area contributed by atoms with E-state index in [0.29, 0.717) is 23.6 Å². The van der Waals surface area contributed by atoms with E-state index in [1.807, 2.05) is 4.57 Å². The third-order valence-corrected chi connectivity index (χ3v) is 5.52. The zero-order valence-electron chi connectivity index (χ0n) is 17.0. The summed E-state index contributed by atoms with van der Waals surface area (Å²) in [7, 11) is 1.70. The zero-order valence-corrected chi connectivity index (χ0v) is 17.0. The van der Waals surface area contributed by atoms with Gasteiger partial charge in [-0.2, -0.15) is 4.98 Å². The lowest BCUT2D eigenvalue weighted by atomic mass is 10.1. The van der Waals surface area contributed by atoms with Crippen LogP contribution in [-0.2, 0) is 20.1 Å². The maximum atomic E-state index is 13.2. The van der Waals surface area contributed by atoms with Crippen LogP contribution in [0.5, 0.6) is 0 Å². The Morgan fingerprint density at radius 3 is 2.54 bits per heavy atom. The van der Waals surface area contributed by atoms with Crippen molar-refractivity contribution in [3.63, 3.8) is 0 Å². The minimum atomic E-state index is -0.295. The highest BCUT2D eigenvalue weighted by atomic mass is 16.2. The smallest absolute Gasteiger partial charge is 0.312 e. The molecule has 7 heteroatoms. The summed E-state index contributed by atoms with van der Waals surface area (Å²) in [5.41, 5.74) is 2.70. The molecule has 0 spiro atoms. The molecular weight excluding hydrogens is 354 g/mol. The largest absolute Gasteiger partial charge is 0.332 e. The molecule has 1 aromatic carbocycles. The van der Waals surface area contributed by atoms with E-state index in [9.17, 15) is 9.59 Å². The van der Waals surface area contributed by atoms with Gasteiger partial charge in [-0.1, -0.05) is 38.0 Å². The molecule has 0 N–H and O–H groups in total. The lowest BCUT2D eigenvalue weighted by Gasteiger charge is -2.33. The molecule has 1 aliphatic heterocycles. The Hall–Kier alpha value is -2.83. The highest BCUT2D eigenvalue weighted by Crippen LogP contribution is 2.32. The van der Waals surface area contributed by atoms with Crippen LogP contribution in [0.2, 0.25) is 0 Å². The van der Waals surface area contributed by atoms with Gasteiger partial charge in [0.05, 0.1) is 0 Å². The van der Waals surface area contributed by atoms with E-state index in [0.717, 1.165) is 37.6 Å². The Balaban J connectivity index is 1.96. The summed E-state index contributed by atoms with van der Waals surface area (Å²) in [6.45, 7) is 8.27. The average Bonchev–Trinajstić information content (AvgIpc) is 3.06. The fraction of sp³-hybridized carbons (Fsp3) is 0.476. The van der Waals surface area contributed by atoms with Gasteiger partial charge in [0.1, 0.15) is 0 Å². The number of aromatic nitrogens is 4. The van der Waals surface area contributed by atoms with E-state index in [1.165, 1.54) is 14.7 Å². The standard InChI is InChI=1S/C21H27N5O2/c1-5-6-11-24-19(27)17-18(23(4)21(24)28)22-20-25(12-15(3)13-26(17)20)16-9-7-14(2)8-10-16/h7-10,15H,5-6,11-13H2,1-4H3/t15-/m0/s1. The number of rotatable bonds is 4. The number of fused-ring (bicyclic) bond motifs is 3. The molecule has 0 amide bonds. The second-order valence-corrected chi connectivity index (χ2v) is 7.90. The van der Waals surface area contributed by atoms with Gasteiger partial charge in [-0.15, -0.1) is 0 Å². The van der Waals surface area contributed by atoms with Crippen LogP contribution in [0.4, 0.5) is 11.6 Å². The van der Waals surface area contributed by atoms with Gasteiger partial charge in [0.15, 0.2) is 11.2 Å². The number of imidazole rings is 1. The van der Waals surface area contributed by atoms with E-state index in [-0.39, 0.29) is 11.2 Å². The Kier molecular flexibility index (Phi) is 4.61. The molecule has 7 nitrogen and oxygen atoms in total. The molecule has 0 radical (unpaired) electrons. The van der Waals surface area contributed by atoms with Crippen molar-refractivity contribution in [1.29, 1.82) is 0 Å². The number of hydrogen-bond donors (Lipinski definition) is 0. The minimum Gasteiger partial charge on any atom is -0.312 e. The molecule has 1 atom stereocenters. The van der Waals surface area contributed by atoms with Crippen molar-refractivity contribution in [1.82, 2.24) is 18.7 Å². The van der Waals surface area contributed by atoms with Gasteiger partial charge in [-0.25, -0.2) is 4.79 Å². The fourth-order valence-corrected chi connectivity index (χ4v) is 3.96. The third kappa shape index (κ3) is 2.85. The first-order chi connectivity index (χ1) is 13.4. The molecule has 0 bridgehead atoms. The predicted molar refractivity (Wildman–Crippen MR) is 111 cm³/mol. The Morgan fingerprint density at radius 1 is 1.14 bits per heavy atom. The average molecular weight is 381 g/mol. The Bertz CT molecular complexity index is 1140. The highest BCUT2D eigenvalue weighted by Gasteiger charge is 2.29. The quantitative estimate of drug-likeness (QED) is 0.697. The summed E-state index contributed by atoms with van der Waals surface area (Å²) >= 11 is 0. The molecule has 148 valence electrons. The predicted octanol–water partition coefficient (Wildman–Crippen LogP) is 2.79. The summed E-state index contributed by atoms with van der Waals surface area (Å²) in [6, 6.07) is 8.31. The Morgan fingerprint density at radius 2 is 1.86 bits per heavy atom. The molecule has 0 fully saturated rings. The van der Waals surface area contributed by atoms with Gasteiger partial charge < -0.3 is 9.47 Å². The lowest BCUT2D eigenvalue weighted by Crippen LogP contribution is -2.40. The van der Waals surface area contributed by atoms with Crippen LogP contribution < -0.4 is 16.1 Å². The third-order valence-electron chi connectivity index (χ3n) is 5.52. The van der Waals surface area contributed by atoms with Gasteiger partial charge in [-0.3, -0.25) is 13.9 Å². The monoisotopic (exact) mass is 381 g/mol. The van der Waals surface area contributed by atoms with Crippen molar-refractivity contribution < 1.29 is 0 Å². The molecule has 2 aromatic heterocycles. The number of unbranched alkanes of at least 4 members (excludes halogenated alkanes) is 1. The summed E-state index contributed by atoms with van der Waals surface area (Å²) in [5, 5.41) is 0. The van der Waals surface area contributed by atoms with Crippen LogP contribution in [0.15, 0.2) is 33.9 Å². The van der Waals surface area contributed by atoms with Gasteiger partial charge >= 0.3 is 5.69 Å². The second-order valence-electron chi connectivity index (χ2n) is 7.90. The van der Waals surface area contributed by atoms with E-state index < -0.39 is 0 Å². The number of hydrogen-bond acceptors (Lipinski definition) is 4. The summed E-state index contributed by atoms with van der Waals surface area (Å²) in [4.78, 5) is 32.8. The number of aryl methyl sites for hydroxylation is 2. The molecule has 1 aliphatic rings. The summed E-state index contributed by atoms with van der Waals surface area (Å²) < 4.78 is 4.86. The molecule has 0 saturated carbocycles. The SMILES string of the molecule is CCCCn1c(=O)c2c(nc3n2C[C@@H](C)CN3c2ccc(C)cc2)n(C)c1=O. The number of anilines is 2. The van der Waals surface area contributed by atoms with Crippen LogP contribution in [0.3, 0.4) is 0 Å². The highest BCUT2D eigenvalue weighted by molar-refractivity contribution is 5.77. The van der Waals surface area contributed by atoms with E-state index in [4.69, 9.17) is 4.98 Å². The Labute approximate surface area is 163 Å². The van der Waals surface area contributed by atoms with Crippen LogP contribution in [0, 0.1) is 12.8 Å². The first-order valence-electron chi connectivity index (χ1n) is 9.96. The zero-order chi connectivity index (χ0) is 20.0. The van der Waals surface area contributed by atoms with Crippen LogP contribution in [-0.4, -0.2) is 25.2 Å². The number of benzene rings is 1. The van der Waals surface area contributed by atoms with Crippen LogP contribution in [0.25, 0.3) is 11.2 Å². The van der Waals surface area contributed by atoms with Gasteiger partial charge in [-0.05, 0) is 31.4 Å².